The van der Waals surface area contributed by atoms with Gasteiger partial charge in [-0.15, -0.1) is 0 Å². The highest BCUT2D eigenvalue weighted by molar-refractivity contribution is 7.10. The molecule has 0 bridgehead atoms. The Morgan fingerprint density at radius 3 is 2.65 bits per heavy atom. The molecule has 1 aromatic heterocycles. The Morgan fingerprint density at radius 2 is 2.12 bits per heavy atom. The van der Waals surface area contributed by atoms with Gasteiger partial charge in [0.25, 0.3) is 0 Å². The van der Waals surface area contributed by atoms with E-state index < -0.39 is 17.8 Å². The van der Waals surface area contributed by atoms with E-state index in [0.29, 0.717) is 0 Å². The third-order valence-corrected chi connectivity index (χ3v) is 2.14. The molecular formula is C7H8N4O5S. The van der Waals surface area contributed by atoms with Crippen molar-refractivity contribution >= 4 is 34.4 Å². The summed E-state index contributed by atoms with van der Waals surface area (Å²) in [5.41, 5.74) is -0.457. The second-order valence-corrected chi connectivity index (χ2v) is 3.23. The number of nitrogens with zero attached hydrogens (tertiary/aromatic N) is 3. The fraction of sp³-hybridized carbons (Fsp3) is 0.286. The number of nitrogens with one attached hydrogen (secondary N) is 1. The summed E-state index contributed by atoms with van der Waals surface area (Å²) in [6, 6.07) is 0. The number of esters is 1. The number of carbonyl (C=O) groups excluding carboxylic acids is 2. The van der Waals surface area contributed by atoms with Crippen molar-refractivity contribution in [3.8, 4) is 0 Å². The third kappa shape index (κ3) is 3.11. The highest BCUT2D eigenvalue weighted by Gasteiger charge is 2.21. The standard InChI is InChI=1S/C7H8N4O5S/c1-15-5(12)3(10-14)4-8-6(17-11-4)9-7(13)16-2/h14H,1-2H3,(H,8,9,11,13)/b10-3-. The molecule has 1 amide bonds. The van der Waals surface area contributed by atoms with Crippen LogP contribution in [0.2, 0.25) is 0 Å². The van der Waals surface area contributed by atoms with Gasteiger partial charge in [0.1, 0.15) is 0 Å². The molecular weight excluding hydrogens is 252 g/mol. The topological polar surface area (TPSA) is 123 Å². The minimum atomic E-state index is -0.894. The number of ether oxygens (including phenoxy) is 2. The van der Waals surface area contributed by atoms with Crippen LogP contribution >= 0.6 is 11.5 Å². The average Bonchev–Trinajstić information content (AvgIpc) is 2.77. The van der Waals surface area contributed by atoms with Crippen molar-refractivity contribution in [2.75, 3.05) is 19.5 Å². The van der Waals surface area contributed by atoms with Gasteiger partial charge < -0.3 is 14.7 Å². The molecule has 0 atom stereocenters. The van der Waals surface area contributed by atoms with Crippen LogP contribution in [0.5, 0.6) is 0 Å². The first-order valence-electron chi connectivity index (χ1n) is 4.11. The number of amides is 1. The minimum Gasteiger partial charge on any atom is -0.464 e. The first-order valence-corrected chi connectivity index (χ1v) is 4.89. The van der Waals surface area contributed by atoms with Gasteiger partial charge in [0.2, 0.25) is 16.7 Å². The molecule has 10 heteroatoms. The van der Waals surface area contributed by atoms with Crippen LogP contribution in [0.15, 0.2) is 5.16 Å². The maximum Gasteiger partial charge on any atom is 0.413 e. The number of carbonyl (C=O) groups is 2. The molecule has 0 unspecified atom stereocenters. The summed E-state index contributed by atoms with van der Waals surface area (Å²) in [4.78, 5) is 25.7. The van der Waals surface area contributed by atoms with E-state index in [2.05, 4.69) is 29.3 Å². The van der Waals surface area contributed by atoms with Crippen LogP contribution in [0.25, 0.3) is 0 Å². The van der Waals surface area contributed by atoms with Crippen molar-refractivity contribution in [3.63, 3.8) is 0 Å². The zero-order valence-electron chi connectivity index (χ0n) is 8.83. The molecule has 1 heterocycles. The maximum atomic E-state index is 11.1. The van der Waals surface area contributed by atoms with Crippen LogP contribution < -0.4 is 5.32 Å². The lowest BCUT2D eigenvalue weighted by Gasteiger charge is -1.97. The van der Waals surface area contributed by atoms with Gasteiger partial charge in [-0.25, -0.2) is 9.59 Å². The molecule has 17 heavy (non-hydrogen) atoms. The van der Waals surface area contributed by atoms with E-state index in [9.17, 15) is 9.59 Å². The van der Waals surface area contributed by atoms with E-state index in [0.717, 1.165) is 18.6 Å². The van der Waals surface area contributed by atoms with Crippen LogP contribution in [0.3, 0.4) is 0 Å². The Hall–Kier alpha value is -2.23. The lowest BCUT2D eigenvalue weighted by atomic mass is 10.4. The van der Waals surface area contributed by atoms with Crippen LogP contribution in [-0.2, 0) is 14.3 Å². The van der Waals surface area contributed by atoms with Crippen molar-refractivity contribution in [2.45, 2.75) is 0 Å². The van der Waals surface area contributed by atoms with Crippen molar-refractivity contribution in [3.05, 3.63) is 5.82 Å². The monoisotopic (exact) mass is 260 g/mol. The summed E-state index contributed by atoms with van der Waals surface area (Å²) < 4.78 is 12.4. The first kappa shape index (κ1) is 12.8. The normalized spacial score (nSPS) is 10.8. The highest BCUT2D eigenvalue weighted by Crippen LogP contribution is 2.12. The van der Waals surface area contributed by atoms with E-state index in [4.69, 9.17) is 5.21 Å². The fourth-order valence-electron chi connectivity index (χ4n) is 0.782. The molecule has 1 aromatic rings. The summed E-state index contributed by atoms with van der Waals surface area (Å²) in [5, 5.41) is 13.7. The van der Waals surface area contributed by atoms with Crippen LogP contribution in [0.4, 0.5) is 9.93 Å². The summed E-state index contributed by atoms with van der Waals surface area (Å²) in [6.45, 7) is 0. The predicted octanol–water partition coefficient (Wildman–Crippen LogP) is 0.0677. The number of hydrogen-bond acceptors (Lipinski definition) is 9. The van der Waals surface area contributed by atoms with E-state index in [1.54, 1.807) is 0 Å². The Kier molecular flexibility index (Phi) is 4.34. The van der Waals surface area contributed by atoms with Gasteiger partial charge in [0.05, 0.1) is 14.2 Å². The van der Waals surface area contributed by atoms with Crippen LogP contribution in [-0.4, -0.2) is 46.6 Å². The van der Waals surface area contributed by atoms with Gasteiger partial charge in [-0.2, -0.15) is 9.36 Å². The minimum absolute atomic E-state index is 0.0944. The number of aromatic nitrogens is 2. The van der Waals surface area contributed by atoms with Gasteiger partial charge in [-0.3, -0.25) is 5.32 Å². The molecule has 0 fully saturated rings. The summed E-state index contributed by atoms with van der Waals surface area (Å²) >= 11 is 0.792. The summed E-state index contributed by atoms with van der Waals surface area (Å²) in [7, 11) is 2.31. The van der Waals surface area contributed by atoms with Gasteiger partial charge in [0.15, 0.2) is 0 Å². The van der Waals surface area contributed by atoms with Crippen molar-refractivity contribution in [2.24, 2.45) is 5.16 Å². The molecule has 9 nitrogen and oxygen atoms in total. The SMILES string of the molecule is COC(=O)Nc1nc(/C(=N/O)C(=O)OC)ns1. The van der Waals surface area contributed by atoms with Gasteiger partial charge in [-0.1, -0.05) is 5.16 Å². The zero-order valence-corrected chi connectivity index (χ0v) is 9.65. The number of hydrogen-bond donors (Lipinski definition) is 2. The molecule has 2 N–H and O–H groups in total. The number of anilines is 1. The third-order valence-electron chi connectivity index (χ3n) is 1.51. The smallest absolute Gasteiger partial charge is 0.413 e. The first-order chi connectivity index (χ1) is 8.12. The quantitative estimate of drug-likeness (QED) is 0.341. The van der Waals surface area contributed by atoms with Crippen molar-refractivity contribution < 1.29 is 24.3 Å². The second kappa shape index (κ2) is 5.75. The number of oxime groups is 1. The fourth-order valence-corrected chi connectivity index (χ4v) is 1.34. The van der Waals surface area contributed by atoms with E-state index in [1.165, 1.54) is 7.11 Å². The number of methoxy groups -OCH3 is 2. The molecule has 92 valence electrons. The Balaban J connectivity index is 2.87. The molecule has 0 aliphatic carbocycles. The summed E-state index contributed by atoms with van der Waals surface area (Å²) in [5.74, 6) is -1.05. The Labute approximate surface area is 99.2 Å². The van der Waals surface area contributed by atoms with E-state index in [-0.39, 0.29) is 11.0 Å². The predicted molar refractivity (Wildman–Crippen MR) is 56.3 cm³/mol. The van der Waals surface area contributed by atoms with Crippen molar-refractivity contribution in [1.82, 2.24) is 9.36 Å². The second-order valence-electron chi connectivity index (χ2n) is 2.48. The molecule has 0 aromatic carbocycles. The molecule has 0 aliphatic rings. The Bertz CT molecular complexity index is 457. The van der Waals surface area contributed by atoms with Crippen LogP contribution in [0, 0.1) is 0 Å². The van der Waals surface area contributed by atoms with Crippen LogP contribution in [0.1, 0.15) is 5.82 Å². The van der Waals surface area contributed by atoms with Gasteiger partial charge in [0, 0.05) is 11.5 Å². The van der Waals surface area contributed by atoms with E-state index in [1.807, 2.05) is 0 Å². The maximum absolute atomic E-state index is 11.1. The molecule has 0 radical (unpaired) electrons. The zero-order chi connectivity index (χ0) is 12.8. The average molecular weight is 260 g/mol. The highest BCUT2D eigenvalue weighted by atomic mass is 32.1. The largest absolute Gasteiger partial charge is 0.464 e. The molecule has 0 saturated heterocycles. The van der Waals surface area contributed by atoms with Gasteiger partial charge >= 0.3 is 12.1 Å². The number of rotatable bonds is 3. The lowest BCUT2D eigenvalue weighted by molar-refractivity contribution is -0.132. The molecule has 0 aliphatic heterocycles. The molecule has 0 saturated carbocycles. The Morgan fingerprint density at radius 1 is 1.41 bits per heavy atom. The molecule has 0 spiro atoms. The lowest BCUT2D eigenvalue weighted by Crippen LogP contribution is -2.19. The summed E-state index contributed by atoms with van der Waals surface area (Å²) in [6.07, 6.45) is -0.728. The van der Waals surface area contributed by atoms with E-state index >= 15 is 0 Å². The van der Waals surface area contributed by atoms with Gasteiger partial charge in [-0.05, 0) is 0 Å². The molecule has 1 rings (SSSR count). The van der Waals surface area contributed by atoms with Crippen molar-refractivity contribution in [1.29, 1.82) is 0 Å².